The van der Waals surface area contributed by atoms with Gasteiger partial charge in [0.2, 0.25) is 0 Å². The molecule has 6 heteroatoms. The molecule has 1 unspecified atom stereocenters. The molecule has 5 nitrogen and oxygen atoms in total. The van der Waals surface area contributed by atoms with Crippen molar-refractivity contribution >= 4 is 29.1 Å². The van der Waals surface area contributed by atoms with E-state index in [1.54, 1.807) is 14.2 Å². The Hall–Kier alpha value is -1.98. The minimum absolute atomic E-state index is 0. The fraction of sp³-hybridized carbons (Fsp3) is 0.450. The van der Waals surface area contributed by atoms with Gasteiger partial charge >= 0.3 is 0 Å². The first-order chi connectivity index (χ1) is 12.2. The standard InChI is InChI=1S/C20H26N2O3.ClH/c1-4-22-12-6-7-14(22)13-21-20(23)17-11-10-15-16(19(17)25-3)8-5-9-18(15)24-2;/h5,8-11,14H,4,6-7,12-13H2,1-3H3,(H,21,23);1H. The number of methoxy groups -OCH3 is 2. The molecule has 3 rings (SSSR count). The Morgan fingerprint density at radius 1 is 1.19 bits per heavy atom. The number of ether oxygens (including phenoxy) is 2. The molecule has 1 aliphatic heterocycles. The van der Waals surface area contributed by atoms with Crippen LogP contribution in [-0.2, 0) is 0 Å². The van der Waals surface area contributed by atoms with Gasteiger partial charge < -0.3 is 14.8 Å². The number of fused-ring (bicyclic) bond motifs is 1. The largest absolute Gasteiger partial charge is 0.496 e. The Morgan fingerprint density at radius 3 is 2.69 bits per heavy atom. The molecule has 26 heavy (non-hydrogen) atoms. The van der Waals surface area contributed by atoms with Crippen molar-refractivity contribution in [2.75, 3.05) is 33.9 Å². The van der Waals surface area contributed by atoms with Gasteiger partial charge in [-0.1, -0.05) is 19.1 Å². The monoisotopic (exact) mass is 378 g/mol. The van der Waals surface area contributed by atoms with E-state index in [4.69, 9.17) is 9.47 Å². The van der Waals surface area contributed by atoms with Crippen LogP contribution >= 0.6 is 12.4 Å². The van der Waals surface area contributed by atoms with Gasteiger partial charge in [0.05, 0.1) is 19.8 Å². The molecule has 0 aliphatic carbocycles. The average Bonchev–Trinajstić information content (AvgIpc) is 3.12. The Balaban J connectivity index is 0.00000243. The van der Waals surface area contributed by atoms with Crippen molar-refractivity contribution in [1.29, 1.82) is 0 Å². The molecule has 1 amide bonds. The summed E-state index contributed by atoms with van der Waals surface area (Å²) < 4.78 is 11.0. The quantitative estimate of drug-likeness (QED) is 0.835. The number of carbonyl (C=O) groups is 1. The first-order valence-corrected chi connectivity index (χ1v) is 8.85. The zero-order valence-electron chi connectivity index (χ0n) is 15.6. The van der Waals surface area contributed by atoms with Crippen molar-refractivity contribution in [3.63, 3.8) is 0 Å². The summed E-state index contributed by atoms with van der Waals surface area (Å²) in [5.74, 6) is 1.27. The van der Waals surface area contributed by atoms with E-state index in [2.05, 4.69) is 17.1 Å². The lowest BCUT2D eigenvalue weighted by Crippen LogP contribution is -2.40. The van der Waals surface area contributed by atoms with Crippen molar-refractivity contribution in [2.45, 2.75) is 25.8 Å². The second kappa shape index (κ2) is 9.10. The van der Waals surface area contributed by atoms with Crippen LogP contribution in [0.3, 0.4) is 0 Å². The van der Waals surface area contributed by atoms with Crippen LogP contribution in [0.5, 0.6) is 11.5 Å². The number of carbonyl (C=O) groups excluding carboxylic acids is 1. The highest BCUT2D eigenvalue weighted by atomic mass is 35.5. The molecule has 0 aromatic heterocycles. The van der Waals surface area contributed by atoms with Crippen molar-refractivity contribution in [2.24, 2.45) is 0 Å². The minimum Gasteiger partial charge on any atom is -0.496 e. The third-order valence-electron chi connectivity index (χ3n) is 5.04. The normalized spacial score (nSPS) is 17.0. The van der Waals surface area contributed by atoms with E-state index in [-0.39, 0.29) is 18.3 Å². The number of amides is 1. The van der Waals surface area contributed by atoms with Gasteiger partial charge in [-0.2, -0.15) is 0 Å². The zero-order chi connectivity index (χ0) is 17.8. The molecule has 1 fully saturated rings. The maximum absolute atomic E-state index is 12.7. The fourth-order valence-corrected chi connectivity index (χ4v) is 3.73. The molecule has 1 saturated heterocycles. The van der Waals surface area contributed by atoms with E-state index in [1.807, 2.05) is 30.3 Å². The molecule has 0 saturated carbocycles. The van der Waals surface area contributed by atoms with Crippen LogP contribution in [0.2, 0.25) is 0 Å². The van der Waals surface area contributed by atoms with E-state index in [9.17, 15) is 4.79 Å². The highest BCUT2D eigenvalue weighted by molar-refractivity contribution is 6.05. The predicted octanol–water partition coefficient (Wildman–Crippen LogP) is 3.49. The van der Waals surface area contributed by atoms with Gasteiger partial charge in [-0.3, -0.25) is 9.69 Å². The van der Waals surface area contributed by atoms with Crippen molar-refractivity contribution in [3.05, 3.63) is 35.9 Å². The SMILES string of the molecule is CCN1CCCC1CNC(=O)c1ccc2c(OC)cccc2c1OC.Cl. The molecule has 2 aromatic carbocycles. The first kappa shape index (κ1) is 20.3. The summed E-state index contributed by atoms with van der Waals surface area (Å²) in [6, 6.07) is 9.92. The van der Waals surface area contributed by atoms with Crippen molar-refractivity contribution in [1.82, 2.24) is 10.2 Å². The number of halogens is 1. The maximum Gasteiger partial charge on any atom is 0.255 e. The molecule has 142 valence electrons. The lowest BCUT2D eigenvalue weighted by Gasteiger charge is -2.23. The average molecular weight is 379 g/mol. The summed E-state index contributed by atoms with van der Waals surface area (Å²) in [5.41, 5.74) is 0.560. The number of benzene rings is 2. The number of likely N-dealkylation sites (tertiary alicyclic amines) is 1. The van der Waals surface area contributed by atoms with Gasteiger partial charge in [-0.05, 0) is 44.1 Å². The summed E-state index contributed by atoms with van der Waals surface area (Å²) >= 11 is 0. The Kier molecular flexibility index (Phi) is 7.12. The second-order valence-electron chi connectivity index (χ2n) is 6.34. The van der Waals surface area contributed by atoms with Gasteiger partial charge in [-0.25, -0.2) is 0 Å². The summed E-state index contributed by atoms with van der Waals surface area (Å²) in [4.78, 5) is 15.2. The van der Waals surface area contributed by atoms with Crippen LogP contribution in [0.15, 0.2) is 30.3 Å². The van der Waals surface area contributed by atoms with Gasteiger partial charge in [0.1, 0.15) is 11.5 Å². The third-order valence-corrected chi connectivity index (χ3v) is 5.04. The summed E-state index contributed by atoms with van der Waals surface area (Å²) in [6.45, 7) is 4.99. The fourth-order valence-electron chi connectivity index (χ4n) is 3.73. The lowest BCUT2D eigenvalue weighted by molar-refractivity contribution is 0.0938. The highest BCUT2D eigenvalue weighted by Crippen LogP contribution is 2.34. The highest BCUT2D eigenvalue weighted by Gasteiger charge is 2.24. The molecule has 1 atom stereocenters. The van der Waals surface area contributed by atoms with Gasteiger partial charge in [0.15, 0.2) is 0 Å². The number of likely N-dealkylation sites (N-methyl/N-ethyl adjacent to an activating group) is 1. The molecule has 0 bridgehead atoms. The Morgan fingerprint density at radius 2 is 2.00 bits per heavy atom. The maximum atomic E-state index is 12.7. The van der Waals surface area contributed by atoms with Gasteiger partial charge in [-0.15, -0.1) is 12.4 Å². The predicted molar refractivity (Wildman–Crippen MR) is 107 cm³/mol. The molecular formula is C20H27ClN2O3. The smallest absolute Gasteiger partial charge is 0.255 e. The Bertz CT molecular complexity index is 766. The second-order valence-corrected chi connectivity index (χ2v) is 6.34. The van der Waals surface area contributed by atoms with Crippen LogP contribution in [0, 0.1) is 0 Å². The van der Waals surface area contributed by atoms with Crippen LogP contribution in [0.1, 0.15) is 30.1 Å². The number of hydrogen-bond donors (Lipinski definition) is 1. The molecular weight excluding hydrogens is 352 g/mol. The van der Waals surface area contributed by atoms with Crippen molar-refractivity contribution in [3.8, 4) is 11.5 Å². The van der Waals surface area contributed by atoms with E-state index in [0.29, 0.717) is 23.9 Å². The van der Waals surface area contributed by atoms with Gasteiger partial charge in [0.25, 0.3) is 5.91 Å². The van der Waals surface area contributed by atoms with Gasteiger partial charge in [0, 0.05) is 23.4 Å². The number of rotatable bonds is 6. The van der Waals surface area contributed by atoms with Crippen LogP contribution < -0.4 is 14.8 Å². The first-order valence-electron chi connectivity index (χ1n) is 8.85. The van der Waals surface area contributed by atoms with Crippen LogP contribution in [0.25, 0.3) is 10.8 Å². The van der Waals surface area contributed by atoms with Crippen LogP contribution in [0.4, 0.5) is 0 Å². The zero-order valence-corrected chi connectivity index (χ0v) is 16.4. The van der Waals surface area contributed by atoms with E-state index >= 15 is 0 Å². The topological polar surface area (TPSA) is 50.8 Å². The molecule has 2 aromatic rings. The lowest BCUT2D eigenvalue weighted by atomic mass is 10.0. The molecule has 1 aliphatic rings. The number of nitrogens with one attached hydrogen (secondary N) is 1. The Labute approximate surface area is 161 Å². The van der Waals surface area contributed by atoms with E-state index in [0.717, 1.165) is 36.0 Å². The van der Waals surface area contributed by atoms with E-state index in [1.165, 1.54) is 6.42 Å². The van der Waals surface area contributed by atoms with E-state index < -0.39 is 0 Å². The molecule has 1 heterocycles. The molecule has 0 radical (unpaired) electrons. The summed E-state index contributed by atoms with van der Waals surface area (Å²) in [7, 11) is 3.24. The molecule has 1 N–H and O–H groups in total. The number of nitrogens with zero attached hydrogens (tertiary/aromatic N) is 1. The summed E-state index contributed by atoms with van der Waals surface area (Å²) in [6.07, 6.45) is 2.34. The number of hydrogen-bond acceptors (Lipinski definition) is 4. The third kappa shape index (κ3) is 3.89. The van der Waals surface area contributed by atoms with Crippen molar-refractivity contribution < 1.29 is 14.3 Å². The minimum atomic E-state index is -0.0930. The molecule has 0 spiro atoms. The van der Waals surface area contributed by atoms with Crippen LogP contribution in [-0.4, -0.2) is 50.7 Å². The summed E-state index contributed by atoms with van der Waals surface area (Å²) in [5, 5.41) is 4.90.